The van der Waals surface area contributed by atoms with E-state index in [0.717, 1.165) is 5.56 Å². The fraction of sp³-hybridized carbons (Fsp3) is 0.500. The van der Waals surface area contributed by atoms with Crippen molar-refractivity contribution in [2.24, 2.45) is 0 Å². The van der Waals surface area contributed by atoms with Gasteiger partial charge in [0.25, 0.3) is 0 Å². The van der Waals surface area contributed by atoms with Crippen LogP contribution in [0.1, 0.15) is 18.1 Å². The molecule has 0 saturated heterocycles. The maximum atomic E-state index is 13.2. The largest absolute Gasteiger partial charge is 0.312 e. The van der Waals surface area contributed by atoms with Gasteiger partial charge >= 0.3 is 0 Å². The normalized spacial score (nSPS) is 11.7. The van der Waals surface area contributed by atoms with E-state index in [1.165, 1.54) is 6.07 Å². The third-order valence-electron chi connectivity index (χ3n) is 2.60. The molecule has 3 nitrogen and oxygen atoms in total. The maximum absolute atomic E-state index is 13.2. The lowest BCUT2D eigenvalue weighted by molar-refractivity contribution is 0.590. The second-order valence-electron chi connectivity index (χ2n) is 4.00. The number of rotatable bonds is 6. The summed E-state index contributed by atoms with van der Waals surface area (Å²) in [6.07, 6.45) is 0. The molecule has 0 amide bonds. The Bertz CT molecular complexity index is 471. The molecular formula is C12H18FNO2S. The van der Waals surface area contributed by atoms with Crippen LogP contribution in [0, 0.1) is 12.7 Å². The highest BCUT2D eigenvalue weighted by Gasteiger charge is 2.06. The molecule has 0 fully saturated rings. The Kier molecular flexibility index (Phi) is 5.08. The minimum atomic E-state index is -2.93. The zero-order valence-corrected chi connectivity index (χ0v) is 11.0. The van der Waals surface area contributed by atoms with Crippen molar-refractivity contribution in [3.63, 3.8) is 0 Å². The van der Waals surface area contributed by atoms with E-state index in [9.17, 15) is 12.8 Å². The molecule has 0 atom stereocenters. The highest BCUT2D eigenvalue weighted by Crippen LogP contribution is 2.08. The van der Waals surface area contributed by atoms with Crippen molar-refractivity contribution >= 4 is 9.84 Å². The van der Waals surface area contributed by atoms with Crippen LogP contribution in [0.25, 0.3) is 0 Å². The molecule has 1 rings (SSSR count). The Balaban J connectivity index is 2.39. The second-order valence-corrected chi connectivity index (χ2v) is 6.47. The fourth-order valence-electron chi connectivity index (χ4n) is 1.35. The van der Waals surface area contributed by atoms with E-state index in [4.69, 9.17) is 0 Å². The van der Waals surface area contributed by atoms with Crippen molar-refractivity contribution in [1.29, 1.82) is 0 Å². The van der Waals surface area contributed by atoms with Gasteiger partial charge in [-0.15, -0.1) is 0 Å². The average Bonchev–Trinajstić information content (AvgIpc) is 2.29. The molecule has 0 unspecified atom stereocenters. The van der Waals surface area contributed by atoms with Gasteiger partial charge in [-0.05, 0) is 24.1 Å². The first-order valence-electron chi connectivity index (χ1n) is 5.61. The van der Waals surface area contributed by atoms with Gasteiger partial charge < -0.3 is 5.32 Å². The summed E-state index contributed by atoms with van der Waals surface area (Å²) in [4.78, 5) is 0. The highest BCUT2D eigenvalue weighted by molar-refractivity contribution is 7.91. The van der Waals surface area contributed by atoms with Crippen LogP contribution in [0.3, 0.4) is 0 Å². The minimum Gasteiger partial charge on any atom is -0.312 e. The summed E-state index contributed by atoms with van der Waals surface area (Å²) in [6.45, 7) is 4.22. The molecule has 0 saturated carbocycles. The summed E-state index contributed by atoms with van der Waals surface area (Å²) in [5.41, 5.74) is 1.43. The van der Waals surface area contributed by atoms with Gasteiger partial charge in [-0.3, -0.25) is 0 Å². The number of hydrogen-bond acceptors (Lipinski definition) is 3. The zero-order valence-electron chi connectivity index (χ0n) is 10.2. The molecule has 0 spiro atoms. The van der Waals surface area contributed by atoms with E-state index < -0.39 is 9.84 Å². The highest BCUT2D eigenvalue weighted by atomic mass is 32.2. The molecule has 0 bridgehead atoms. The van der Waals surface area contributed by atoms with Crippen molar-refractivity contribution in [2.75, 3.05) is 18.1 Å². The van der Waals surface area contributed by atoms with E-state index in [0.29, 0.717) is 18.7 Å². The zero-order chi connectivity index (χ0) is 12.9. The molecule has 0 aliphatic heterocycles. The number of halogens is 1. The molecule has 1 aromatic rings. The first-order valence-corrected chi connectivity index (χ1v) is 7.43. The Labute approximate surface area is 102 Å². The van der Waals surface area contributed by atoms with Crippen molar-refractivity contribution in [2.45, 2.75) is 20.4 Å². The number of nitrogens with one attached hydrogen (secondary N) is 1. The van der Waals surface area contributed by atoms with Crippen LogP contribution in [0.15, 0.2) is 18.2 Å². The molecule has 0 aliphatic rings. The summed E-state index contributed by atoms with van der Waals surface area (Å²) < 4.78 is 35.6. The quantitative estimate of drug-likeness (QED) is 0.790. The van der Waals surface area contributed by atoms with Crippen LogP contribution < -0.4 is 5.32 Å². The average molecular weight is 259 g/mol. The van der Waals surface area contributed by atoms with Crippen molar-refractivity contribution in [3.8, 4) is 0 Å². The van der Waals surface area contributed by atoms with Crippen LogP contribution in [0.2, 0.25) is 0 Å². The summed E-state index contributed by atoms with van der Waals surface area (Å²) in [6, 6.07) is 5.02. The van der Waals surface area contributed by atoms with Gasteiger partial charge in [0.2, 0.25) is 0 Å². The van der Waals surface area contributed by atoms with Gasteiger partial charge in [-0.2, -0.15) is 0 Å². The van der Waals surface area contributed by atoms with E-state index in [1.807, 2.05) is 6.07 Å². The van der Waals surface area contributed by atoms with Crippen LogP contribution >= 0.6 is 0 Å². The van der Waals surface area contributed by atoms with E-state index in [1.54, 1.807) is 19.9 Å². The number of sulfone groups is 1. The third-order valence-corrected chi connectivity index (χ3v) is 4.30. The van der Waals surface area contributed by atoms with Crippen molar-refractivity contribution in [3.05, 3.63) is 35.1 Å². The van der Waals surface area contributed by atoms with Gasteiger partial charge in [0.15, 0.2) is 9.84 Å². The molecule has 17 heavy (non-hydrogen) atoms. The summed E-state index contributed by atoms with van der Waals surface area (Å²) in [5.74, 6) is 0.0524. The van der Waals surface area contributed by atoms with E-state index >= 15 is 0 Å². The molecule has 0 heterocycles. The molecule has 0 radical (unpaired) electrons. The van der Waals surface area contributed by atoms with Crippen LogP contribution in [0.4, 0.5) is 4.39 Å². The van der Waals surface area contributed by atoms with Gasteiger partial charge in [0.1, 0.15) is 5.82 Å². The Morgan fingerprint density at radius 1 is 1.35 bits per heavy atom. The Morgan fingerprint density at radius 2 is 2.06 bits per heavy atom. The number of benzene rings is 1. The second kappa shape index (κ2) is 6.12. The lowest BCUT2D eigenvalue weighted by Gasteiger charge is -2.06. The van der Waals surface area contributed by atoms with Crippen LogP contribution in [-0.4, -0.2) is 26.5 Å². The fourth-order valence-corrected chi connectivity index (χ4v) is 2.10. The SMILES string of the molecule is CCS(=O)(=O)CCNCc1ccc(C)c(F)c1. The lowest BCUT2D eigenvalue weighted by atomic mass is 10.1. The van der Waals surface area contributed by atoms with Crippen molar-refractivity contribution < 1.29 is 12.8 Å². The summed E-state index contributed by atoms with van der Waals surface area (Å²) in [7, 11) is -2.93. The third kappa shape index (κ3) is 4.83. The topological polar surface area (TPSA) is 46.2 Å². The molecule has 1 aromatic carbocycles. The molecule has 1 N–H and O–H groups in total. The molecule has 5 heteroatoms. The monoisotopic (exact) mass is 259 g/mol. The molecule has 0 aromatic heterocycles. The standard InChI is InChI=1S/C12H18FNO2S/c1-3-17(15,16)7-6-14-9-11-5-4-10(2)12(13)8-11/h4-5,8,14H,3,6-7,9H2,1-2H3. The Hall–Kier alpha value is -0.940. The molecule has 0 aliphatic carbocycles. The first-order chi connectivity index (χ1) is 7.94. The van der Waals surface area contributed by atoms with Crippen LogP contribution in [-0.2, 0) is 16.4 Å². The lowest BCUT2D eigenvalue weighted by Crippen LogP contribution is -2.23. The first kappa shape index (κ1) is 14.1. The predicted molar refractivity (Wildman–Crippen MR) is 67.2 cm³/mol. The predicted octanol–water partition coefficient (Wildman–Crippen LogP) is 1.66. The molecule has 96 valence electrons. The van der Waals surface area contributed by atoms with E-state index in [2.05, 4.69) is 5.32 Å². The van der Waals surface area contributed by atoms with Gasteiger partial charge in [-0.25, -0.2) is 12.8 Å². The van der Waals surface area contributed by atoms with Crippen LogP contribution in [0.5, 0.6) is 0 Å². The Morgan fingerprint density at radius 3 is 2.65 bits per heavy atom. The summed E-state index contributed by atoms with van der Waals surface area (Å²) >= 11 is 0. The summed E-state index contributed by atoms with van der Waals surface area (Å²) in [5, 5.41) is 2.99. The van der Waals surface area contributed by atoms with Gasteiger partial charge in [0, 0.05) is 18.8 Å². The van der Waals surface area contributed by atoms with Gasteiger partial charge in [0.05, 0.1) is 5.75 Å². The number of aryl methyl sites for hydroxylation is 1. The van der Waals surface area contributed by atoms with Gasteiger partial charge in [-0.1, -0.05) is 19.1 Å². The molecular weight excluding hydrogens is 241 g/mol. The van der Waals surface area contributed by atoms with Crippen molar-refractivity contribution in [1.82, 2.24) is 5.32 Å². The maximum Gasteiger partial charge on any atom is 0.151 e. The van der Waals surface area contributed by atoms with E-state index in [-0.39, 0.29) is 17.3 Å². The number of hydrogen-bond donors (Lipinski definition) is 1. The smallest absolute Gasteiger partial charge is 0.151 e. The minimum absolute atomic E-state index is 0.123.